The lowest BCUT2D eigenvalue weighted by atomic mass is 9.88. The third-order valence-electron chi connectivity index (χ3n) is 3.85. The van der Waals surface area contributed by atoms with E-state index in [1.807, 2.05) is 0 Å². The van der Waals surface area contributed by atoms with Crippen LogP contribution in [0.4, 0.5) is 5.69 Å². The molecule has 3 rings (SSSR count). The van der Waals surface area contributed by atoms with Crippen LogP contribution in [0.2, 0.25) is 0 Å². The third-order valence-corrected chi connectivity index (χ3v) is 3.85. The van der Waals surface area contributed by atoms with E-state index in [2.05, 4.69) is 41.4 Å². The van der Waals surface area contributed by atoms with Crippen molar-refractivity contribution < 1.29 is 0 Å². The Kier molecular flexibility index (Phi) is 2.17. The van der Waals surface area contributed by atoms with Crippen LogP contribution >= 0.6 is 0 Å². The van der Waals surface area contributed by atoms with Gasteiger partial charge in [-0.05, 0) is 31.1 Å². The van der Waals surface area contributed by atoms with E-state index < -0.39 is 0 Å². The molecule has 1 saturated heterocycles. The van der Waals surface area contributed by atoms with Gasteiger partial charge in [0.25, 0.3) is 0 Å². The Labute approximate surface area is 91.3 Å². The van der Waals surface area contributed by atoms with Gasteiger partial charge in [-0.3, -0.25) is 0 Å². The minimum absolute atomic E-state index is 0.649. The van der Waals surface area contributed by atoms with Crippen LogP contribution in [-0.2, 0) is 0 Å². The molecule has 1 N–H and O–H groups in total. The number of para-hydroxylation sites is 1. The van der Waals surface area contributed by atoms with Gasteiger partial charge in [0, 0.05) is 24.2 Å². The maximum atomic E-state index is 3.66. The van der Waals surface area contributed by atoms with Gasteiger partial charge in [0.2, 0.25) is 0 Å². The van der Waals surface area contributed by atoms with Crippen molar-refractivity contribution >= 4 is 5.69 Å². The SMILES string of the molecule is CCN1CCC2c3ccccc3NC2C1. The molecule has 2 aliphatic rings. The molecule has 1 aromatic carbocycles. The summed E-state index contributed by atoms with van der Waals surface area (Å²) >= 11 is 0. The first-order chi connectivity index (χ1) is 7.38. The van der Waals surface area contributed by atoms with Gasteiger partial charge in [-0.2, -0.15) is 0 Å². The van der Waals surface area contributed by atoms with E-state index in [1.54, 1.807) is 5.56 Å². The number of nitrogens with one attached hydrogen (secondary N) is 1. The predicted octanol–water partition coefficient (Wildman–Crippen LogP) is 2.29. The summed E-state index contributed by atoms with van der Waals surface area (Å²) in [6.45, 7) is 5.90. The number of piperidine rings is 1. The first-order valence-electron chi connectivity index (χ1n) is 5.96. The number of hydrogen-bond donors (Lipinski definition) is 1. The Morgan fingerprint density at radius 3 is 3.13 bits per heavy atom. The van der Waals surface area contributed by atoms with Gasteiger partial charge in [-0.1, -0.05) is 25.1 Å². The lowest BCUT2D eigenvalue weighted by Crippen LogP contribution is -2.43. The minimum atomic E-state index is 0.649. The van der Waals surface area contributed by atoms with E-state index in [0.29, 0.717) is 6.04 Å². The second-order valence-electron chi connectivity index (χ2n) is 4.63. The van der Waals surface area contributed by atoms with Crippen LogP contribution in [0.15, 0.2) is 24.3 Å². The number of likely N-dealkylation sites (tertiary alicyclic amines) is 1. The molecule has 1 fully saturated rings. The highest BCUT2D eigenvalue weighted by molar-refractivity contribution is 5.59. The van der Waals surface area contributed by atoms with Crippen LogP contribution in [0, 0.1) is 0 Å². The molecule has 0 radical (unpaired) electrons. The Balaban J connectivity index is 1.86. The van der Waals surface area contributed by atoms with Crippen molar-refractivity contribution in [1.29, 1.82) is 0 Å². The molecular formula is C13H18N2. The molecule has 0 spiro atoms. The first kappa shape index (κ1) is 9.22. The van der Waals surface area contributed by atoms with Crippen molar-refractivity contribution in [3.63, 3.8) is 0 Å². The molecule has 0 aromatic heterocycles. The molecule has 1 aromatic rings. The Bertz CT molecular complexity index is 361. The van der Waals surface area contributed by atoms with Gasteiger partial charge in [-0.15, -0.1) is 0 Å². The van der Waals surface area contributed by atoms with E-state index in [4.69, 9.17) is 0 Å². The monoisotopic (exact) mass is 202 g/mol. The van der Waals surface area contributed by atoms with Crippen molar-refractivity contribution in [3.05, 3.63) is 29.8 Å². The quantitative estimate of drug-likeness (QED) is 0.751. The third kappa shape index (κ3) is 1.44. The van der Waals surface area contributed by atoms with E-state index in [9.17, 15) is 0 Å². The predicted molar refractivity (Wildman–Crippen MR) is 63.3 cm³/mol. The van der Waals surface area contributed by atoms with Gasteiger partial charge in [0.1, 0.15) is 0 Å². The second kappa shape index (κ2) is 3.53. The van der Waals surface area contributed by atoms with Gasteiger partial charge < -0.3 is 10.2 Å². The van der Waals surface area contributed by atoms with Crippen LogP contribution < -0.4 is 5.32 Å². The van der Waals surface area contributed by atoms with Crippen molar-refractivity contribution in [2.24, 2.45) is 0 Å². The summed E-state index contributed by atoms with van der Waals surface area (Å²) < 4.78 is 0. The number of rotatable bonds is 1. The zero-order valence-corrected chi connectivity index (χ0v) is 9.24. The summed E-state index contributed by atoms with van der Waals surface area (Å²) in [6, 6.07) is 9.44. The normalized spacial score (nSPS) is 29.4. The van der Waals surface area contributed by atoms with Gasteiger partial charge in [0.15, 0.2) is 0 Å². The molecule has 2 heterocycles. The maximum absolute atomic E-state index is 3.66. The average molecular weight is 202 g/mol. The van der Waals surface area contributed by atoms with Crippen LogP contribution in [0.5, 0.6) is 0 Å². The zero-order valence-electron chi connectivity index (χ0n) is 9.24. The van der Waals surface area contributed by atoms with E-state index in [-0.39, 0.29) is 0 Å². The standard InChI is InChI=1S/C13H18N2/c1-2-15-8-7-11-10-5-3-4-6-12(10)14-13(11)9-15/h3-6,11,13-14H,2,7-9H2,1H3. The van der Waals surface area contributed by atoms with Crippen molar-refractivity contribution in [1.82, 2.24) is 4.90 Å². The summed E-state index contributed by atoms with van der Waals surface area (Å²) in [6.07, 6.45) is 1.31. The number of anilines is 1. The number of likely N-dealkylation sites (N-methyl/N-ethyl adjacent to an activating group) is 1. The number of nitrogens with zero attached hydrogens (tertiary/aromatic N) is 1. The Morgan fingerprint density at radius 1 is 1.40 bits per heavy atom. The molecule has 80 valence electrons. The van der Waals surface area contributed by atoms with E-state index in [0.717, 1.165) is 5.92 Å². The molecule has 2 unspecified atom stereocenters. The summed E-state index contributed by atoms with van der Waals surface area (Å²) in [5, 5.41) is 3.66. The topological polar surface area (TPSA) is 15.3 Å². The smallest absolute Gasteiger partial charge is 0.0458 e. The number of fused-ring (bicyclic) bond motifs is 3. The highest BCUT2D eigenvalue weighted by Crippen LogP contribution is 2.40. The first-order valence-corrected chi connectivity index (χ1v) is 5.96. The lowest BCUT2D eigenvalue weighted by molar-refractivity contribution is 0.213. The van der Waals surface area contributed by atoms with E-state index >= 15 is 0 Å². The van der Waals surface area contributed by atoms with Gasteiger partial charge in [0.05, 0.1) is 0 Å². The molecule has 0 aliphatic carbocycles. The largest absolute Gasteiger partial charge is 0.380 e. The van der Waals surface area contributed by atoms with Crippen LogP contribution in [-0.4, -0.2) is 30.6 Å². The highest BCUT2D eigenvalue weighted by atomic mass is 15.2. The maximum Gasteiger partial charge on any atom is 0.0458 e. The van der Waals surface area contributed by atoms with Gasteiger partial charge >= 0.3 is 0 Å². The molecule has 2 aliphatic heterocycles. The van der Waals surface area contributed by atoms with E-state index in [1.165, 1.54) is 31.7 Å². The van der Waals surface area contributed by atoms with Crippen LogP contribution in [0.3, 0.4) is 0 Å². The van der Waals surface area contributed by atoms with Crippen LogP contribution in [0.25, 0.3) is 0 Å². The Morgan fingerprint density at radius 2 is 2.27 bits per heavy atom. The molecule has 0 saturated carbocycles. The summed E-state index contributed by atoms with van der Waals surface area (Å²) in [5.74, 6) is 0.754. The number of benzene rings is 1. The summed E-state index contributed by atoms with van der Waals surface area (Å²) in [5.41, 5.74) is 2.91. The van der Waals surface area contributed by atoms with Gasteiger partial charge in [-0.25, -0.2) is 0 Å². The Hall–Kier alpha value is -1.02. The minimum Gasteiger partial charge on any atom is -0.380 e. The van der Waals surface area contributed by atoms with Crippen molar-refractivity contribution in [2.45, 2.75) is 25.3 Å². The fraction of sp³-hybridized carbons (Fsp3) is 0.538. The molecule has 0 bridgehead atoms. The number of hydrogen-bond acceptors (Lipinski definition) is 2. The summed E-state index contributed by atoms with van der Waals surface area (Å²) in [7, 11) is 0. The molecule has 2 nitrogen and oxygen atoms in total. The fourth-order valence-electron chi connectivity index (χ4n) is 2.98. The average Bonchev–Trinajstić information content (AvgIpc) is 2.66. The fourth-order valence-corrected chi connectivity index (χ4v) is 2.98. The molecule has 2 heteroatoms. The molecule has 2 atom stereocenters. The van der Waals surface area contributed by atoms with Crippen molar-refractivity contribution in [3.8, 4) is 0 Å². The lowest BCUT2D eigenvalue weighted by Gasteiger charge is -2.34. The molecule has 0 amide bonds. The molecule has 15 heavy (non-hydrogen) atoms. The molecular weight excluding hydrogens is 184 g/mol. The highest BCUT2D eigenvalue weighted by Gasteiger charge is 2.35. The van der Waals surface area contributed by atoms with Crippen molar-refractivity contribution in [2.75, 3.05) is 25.0 Å². The zero-order chi connectivity index (χ0) is 10.3. The van der Waals surface area contributed by atoms with Crippen LogP contribution in [0.1, 0.15) is 24.8 Å². The summed E-state index contributed by atoms with van der Waals surface area (Å²) in [4.78, 5) is 2.54. The second-order valence-corrected chi connectivity index (χ2v) is 4.63.